The number of aliphatic hydroxyl groups excluding tert-OH is 4. The van der Waals surface area contributed by atoms with E-state index in [1.54, 1.807) is 58.9 Å². The number of benzene rings is 1. The third kappa shape index (κ3) is 24.0. The molecule has 0 bridgehead atoms. The normalized spacial score (nSPS) is 10.6. The Bertz CT molecular complexity index is 3440. The van der Waals surface area contributed by atoms with Gasteiger partial charge in [-0.15, -0.1) is 37.2 Å². The lowest BCUT2D eigenvalue weighted by molar-refractivity contribution is -0.144. The summed E-state index contributed by atoms with van der Waals surface area (Å²) in [5.41, 5.74) is 13.2. The highest BCUT2D eigenvalue weighted by atomic mass is 35.5. The van der Waals surface area contributed by atoms with E-state index in [4.69, 9.17) is 49.8 Å². The highest BCUT2D eigenvalue weighted by molar-refractivity contribution is 6.21. The van der Waals surface area contributed by atoms with Gasteiger partial charge in [-0.25, -0.2) is 0 Å². The van der Waals surface area contributed by atoms with Gasteiger partial charge in [-0.05, 0) is 46.8 Å². The second-order valence-electron chi connectivity index (χ2n) is 19.0. The molecule has 3 amide bonds. The second kappa shape index (κ2) is 39.9. The lowest BCUT2D eigenvalue weighted by atomic mass is 10.1. The molecule has 6 heterocycles. The van der Waals surface area contributed by atoms with Crippen LogP contribution in [0.4, 0.5) is 0 Å². The smallest absolute Gasteiger partial charge is 0.308 e. The number of nitrogens with one attached hydrogen (secondary N) is 1. The lowest BCUT2D eigenvalue weighted by Crippen LogP contribution is -2.30. The Morgan fingerprint density at radius 1 is 0.462 bits per heavy atom. The molecule has 10 N–H and O–H groups in total. The number of fused-ring (bicyclic) bond motifs is 1. The molecule has 1 aliphatic heterocycles. The van der Waals surface area contributed by atoms with Crippen LogP contribution in [0.3, 0.4) is 0 Å². The molecule has 0 spiro atoms. The number of carbonyl (C=O) groups excluding carboxylic acids is 8. The van der Waals surface area contributed by atoms with E-state index in [0.29, 0.717) is 95.2 Å². The van der Waals surface area contributed by atoms with Gasteiger partial charge in [0.15, 0.2) is 11.5 Å². The number of hydrogen-bond donors (Lipinski definition) is 9. The number of amides is 3. The fraction of sp³-hybridized carbons (Fsp3) is 0.350. The van der Waals surface area contributed by atoms with Crippen LogP contribution in [0, 0.1) is 34.6 Å². The first-order valence-electron chi connectivity index (χ1n) is 26.6. The summed E-state index contributed by atoms with van der Waals surface area (Å²) in [6, 6.07) is 6.53. The Morgan fingerprint density at radius 3 is 1.18 bits per heavy atom. The average Bonchev–Trinajstić information content (AvgIpc) is 1.68. The van der Waals surface area contributed by atoms with Crippen LogP contribution in [0.25, 0.3) is 0 Å². The van der Waals surface area contributed by atoms with Gasteiger partial charge in [0, 0.05) is 141 Å². The molecule has 6 aromatic rings. The maximum Gasteiger partial charge on any atom is 0.308 e. The van der Waals surface area contributed by atoms with Gasteiger partial charge in [0.25, 0.3) is 11.8 Å². The lowest BCUT2D eigenvalue weighted by Gasteiger charge is -2.20. The number of ether oxygens (including phenoxy) is 5. The minimum absolute atomic E-state index is 0. The summed E-state index contributed by atoms with van der Waals surface area (Å²) >= 11 is 0. The molecule has 0 fully saturated rings. The Morgan fingerprint density at radius 2 is 0.802 bits per heavy atom. The van der Waals surface area contributed by atoms with Crippen molar-refractivity contribution >= 4 is 84.8 Å². The highest BCUT2D eigenvalue weighted by Crippen LogP contribution is 2.33. The molecule has 1 aromatic carbocycles. The Hall–Kier alpha value is -9.00. The standard InChI is InChI=1S/C20H18N2O6.C14H17NO6.C10H14N2O3.C8H12N2O2.C8H11NO3.3ClH/c1-11-18(28-13(3)24)17(14(8-21-11)10-27-12(2)23)9-22-19(25)15-6-4-5-7-16(15)20(22)26;1-8-14(21-11(4)18)13(7-20-10(3)17)12(5-15-8)6-19-9(2)16;1-6-10(15)9(4-12-7(2)14)8(5-13)3-11-6;1-5-8(12)7(2-9)6(4-11)3-10-5;1-5-8(12)7(4-11)6(3-10)2-9-5;;;/h4-8H,9-10H2,1-3H3;5H,6-7H2,1-4H3;3,13,15H,4-5H2,1-2H3,(H,12,14);3,11-12H,2,4,9H2,1H3;2,10-12H,3-4H2,1H3;3*1H. The van der Waals surface area contributed by atoms with Gasteiger partial charge in [-0.1, -0.05) is 12.1 Å². The zero-order chi connectivity index (χ0) is 66.1. The fourth-order valence-corrected chi connectivity index (χ4v) is 7.84. The number of hydrogen-bond acceptors (Lipinski definition) is 26. The number of imide groups is 1. The number of pyridine rings is 5. The quantitative estimate of drug-likeness (QED) is 0.0320. The molecule has 0 aliphatic carbocycles. The summed E-state index contributed by atoms with van der Waals surface area (Å²) in [7, 11) is 0. The number of esters is 5. The largest absolute Gasteiger partial charge is 0.506 e. The number of aliphatic hydroxyl groups is 4. The Labute approximate surface area is 542 Å². The van der Waals surface area contributed by atoms with Crippen molar-refractivity contribution in [1.82, 2.24) is 35.1 Å². The van der Waals surface area contributed by atoms with E-state index in [-0.39, 0.29) is 138 Å². The number of aromatic hydroxyl groups is 3. The van der Waals surface area contributed by atoms with Crippen molar-refractivity contribution in [3.05, 3.63) is 150 Å². The van der Waals surface area contributed by atoms with E-state index in [1.165, 1.54) is 72.5 Å². The molecule has 28 nitrogen and oxygen atoms in total. The maximum absolute atomic E-state index is 12.7. The Balaban J connectivity index is 0.00000115. The number of halogens is 3. The van der Waals surface area contributed by atoms with Crippen LogP contribution >= 0.6 is 37.2 Å². The van der Waals surface area contributed by atoms with Crippen LogP contribution in [0.15, 0.2) is 55.2 Å². The molecule has 0 unspecified atom stereocenters. The number of aromatic nitrogens is 5. The number of nitrogens with zero attached hydrogens (tertiary/aromatic N) is 6. The SMILES string of the molecule is CC(=O)NCc1c(CO)cnc(C)c1O.CC(=O)OCc1cnc(C)c(OC(C)=O)c1CN1C(=O)c2ccccc2C1=O.CC(=O)OCc1cnc(C)c(OC(C)=O)c1COC(C)=O.Cc1ncc(CO)c(CN)c1O.Cc1ncc(CO)c(CO)c1O.Cl.Cl.Cl. The van der Waals surface area contributed by atoms with Crippen molar-refractivity contribution in [3.8, 4) is 28.7 Å². The molecule has 5 aromatic heterocycles. The first-order valence-corrected chi connectivity index (χ1v) is 26.6. The molecule has 0 saturated heterocycles. The second-order valence-corrected chi connectivity index (χ2v) is 19.0. The molecule has 31 heteroatoms. The van der Waals surface area contributed by atoms with Gasteiger partial charge in [-0.2, -0.15) is 0 Å². The minimum Gasteiger partial charge on any atom is -0.506 e. The molecular weight excluding hydrogens is 1260 g/mol. The number of rotatable bonds is 17. The van der Waals surface area contributed by atoms with Crippen LogP contribution in [0.2, 0.25) is 0 Å². The molecular formula is C60H75Cl3N8O20. The summed E-state index contributed by atoms with van der Waals surface area (Å²) in [6.07, 6.45) is 7.42. The van der Waals surface area contributed by atoms with E-state index in [1.807, 2.05) is 0 Å². The van der Waals surface area contributed by atoms with E-state index >= 15 is 0 Å². The summed E-state index contributed by atoms with van der Waals surface area (Å²) in [5, 5.41) is 66.6. The maximum atomic E-state index is 12.7. The van der Waals surface area contributed by atoms with Gasteiger partial charge in [0.05, 0.1) is 72.6 Å². The number of nitrogens with two attached hydrogens (primary N) is 1. The van der Waals surface area contributed by atoms with Crippen LogP contribution in [-0.4, -0.2) is 113 Å². The summed E-state index contributed by atoms with van der Waals surface area (Å²) in [6.45, 7) is 15.1. The zero-order valence-electron chi connectivity index (χ0n) is 51.7. The number of carbonyl (C=O) groups is 8. The number of aryl methyl sites for hydroxylation is 5. The van der Waals surface area contributed by atoms with Gasteiger partial charge in [0.1, 0.15) is 37.1 Å². The summed E-state index contributed by atoms with van der Waals surface area (Å²) in [4.78, 5) is 113. The predicted molar refractivity (Wildman–Crippen MR) is 330 cm³/mol. The molecule has 496 valence electrons. The third-order valence-corrected chi connectivity index (χ3v) is 12.5. The molecule has 7 rings (SSSR count). The van der Waals surface area contributed by atoms with Crippen molar-refractivity contribution in [3.63, 3.8) is 0 Å². The summed E-state index contributed by atoms with van der Waals surface area (Å²) in [5.74, 6) is -3.16. The van der Waals surface area contributed by atoms with Crippen LogP contribution in [-0.2, 0) is 109 Å². The molecule has 0 saturated carbocycles. The van der Waals surface area contributed by atoms with E-state index < -0.39 is 41.7 Å². The van der Waals surface area contributed by atoms with Crippen molar-refractivity contribution in [2.24, 2.45) is 5.73 Å². The Kier molecular flexibility index (Phi) is 35.9. The van der Waals surface area contributed by atoms with Gasteiger partial charge in [-0.3, -0.25) is 68.2 Å². The monoisotopic (exact) mass is 1330 g/mol. The van der Waals surface area contributed by atoms with Crippen molar-refractivity contribution in [2.75, 3.05) is 0 Å². The fourth-order valence-electron chi connectivity index (χ4n) is 7.84. The van der Waals surface area contributed by atoms with Crippen molar-refractivity contribution < 1.29 is 97.8 Å². The molecule has 91 heavy (non-hydrogen) atoms. The first-order chi connectivity index (χ1) is 41.6. The highest BCUT2D eigenvalue weighted by Gasteiger charge is 2.36. The van der Waals surface area contributed by atoms with E-state index in [2.05, 4.69) is 30.2 Å². The van der Waals surface area contributed by atoms with Crippen molar-refractivity contribution in [2.45, 2.75) is 142 Å². The molecule has 0 atom stereocenters. The van der Waals surface area contributed by atoms with Crippen LogP contribution < -0.4 is 20.5 Å². The zero-order valence-corrected chi connectivity index (χ0v) is 54.1. The van der Waals surface area contributed by atoms with Crippen molar-refractivity contribution in [1.29, 1.82) is 0 Å². The minimum atomic E-state index is -0.571. The summed E-state index contributed by atoms with van der Waals surface area (Å²) < 4.78 is 25.3. The van der Waals surface area contributed by atoms with Gasteiger partial charge >= 0.3 is 29.8 Å². The predicted octanol–water partition coefficient (Wildman–Crippen LogP) is 5.23. The van der Waals surface area contributed by atoms with E-state index in [0.717, 1.165) is 4.90 Å². The van der Waals surface area contributed by atoms with Gasteiger partial charge < -0.3 is 70.5 Å². The van der Waals surface area contributed by atoms with E-state index in [9.17, 15) is 53.7 Å². The molecule has 0 radical (unpaired) electrons. The first kappa shape index (κ1) is 82.0. The van der Waals surface area contributed by atoms with Crippen LogP contribution in [0.1, 0.15) is 146 Å². The van der Waals surface area contributed by atoms with Gasteiger partial charge in [0.2, 0.25) is 5.91 Å². The van der Waals surface area contributed by atoms with Crippen LogP contribution in [0.5, 0.6) is 28.7 Å². The average molecular weight is 1330 g/mol. The third-order valence-electron chi connectivity index (χ3n) is 12.5. The molecule has 1 aliphatic rings. The topological polar surface area (TPSA) is 430 Å².